The van der Waals surface area contributed by atoms with Gasteiger partial charge in [0.15, 0.2) is 5.70 Å². The highest BCUT2D eigenvalue weighted by Crippen LogP contribution is 2.45. The molecule has 0 saturated carbocycles. The van der Waals surface area contributed by atoms with E-state index in [0.717, 1.165) is 24.1 Å². The van der Waals surface area contributed by atoms with Gasteiger partial charge in [0.05, 0.1) is 30.7 Å². The van der Waals surface area contributed by atoms with E-state index < -0.39 is 33.7 Å². The lowest BCUT2D eigenvalue weighted by Gasteiger charge is -2.37. The molecule has 3 aromatic carbocycles. The molecule has 0 bridgehead atoms. The monoisotopic (exact) mass is 537 g/mol. The van der Waals surface area contributed by atoms with Gasteiger partial charge in [-0.05, 0) is 47.9 Å². The standard InChI is InChI=1S/C28H24ClNO6S/c1-18-13-15-20(16-14-18)37(33,34)30-24(21-11-7-8-12-23(21)29)17-22(19-9-5-4-6-10-19)25(27(31)35-2)26(30)28(32)36-3/h4-17,24H,1-3H3. The maximum atomic E-state index is 14.2. The van der Waals surface area contributed by atoms with Crippen molar-refractivity contribution in [2.75, 3.05) is 14.2 Å². The zero-order chi connectivity index (χ0) is 26.7. The Balaban J connectivity index is 2.12. The summed E-state index contributed by atoms with van der Waals surface area (Å²) in [6, 6.07) is 20.6. The molecule has 1 aliphatic rings. The Kier molecular flexibility index (Phi) is 7.52. The number of aryl methyl sites for hydroxylation is 1. The molecule has 0 aromatic heterocycles. The van der Waals surface area contributed by atoms with Gasteiger partial charge in [0, 0.05) is 5.02 Å². The van der Waals surface area contributed by atoms with Crippen LogP contribution in [0, 0.1) is 6.92 Å². The number of ether oxygens (including phenoxy) is 2. The molecular formula is C28H24ClNO6S. The summed E-state index contributed by atoms with van der Waals surface area (Å²) in [4.78, 5) is 26.4. The van der Waals surface area contributed by atoms with Gasteiger partial charge in [0.1, 0.15) is 0 Å². The molecule has 1 aliphatic heterocycles. The first kappa shape index (κ1) is 26.2. The van der Waals surface area contributed by atoms with E-state index in [1.54, 1.807) is 72.8 Å². The SMILES string of the molecule is COC(=O)C1=C(C(=O)OC)N(S(=O)(=O)c2ccc(C)cc2)C(c2ccccc2Cl)C=C1c1ccccc1. The summed E-state index contributed by atoms with van der Waals surface area (Å²) in [6.45, 7) is 1.83. The number of benzene rings is 3. The van der Waals surface area contributed by atoms with Crippen molar-refractivity contribution in [3.05, 3.63) is 118 Å². The van der Waals surface area contributed by atoms with Crippen molar-refractivity contribution in [1.29, 1.82) is 0 Å². The lowest BCUT2D eigenvalue weighted by Crippen LogP contribution is -2.41. The largest absolute Gasteiger partial charge is 0.465 e. The molecule has 0 radical (unpaired) electrons. The number of carbonyl (C=O) groups is 2. The predicted octanol–water partition coefficient (Wildman–Crippen LogP) is 5.08. The van der Waals surface area contributed by atoms with E-state index in [2.05, 4.69) is 0 Å². The van der Waals surface area contributed by atoms with Crippen LogP contribution in [0.2, 0.25) is 5.02 Å². The van der Waals surface area contributed by atoms with E-state index >= 15 is 0 Å². The normalized spacial score (nSPS) is 15.7. The molecule has 0 amide bonds. The smallest absolute Gasteiger partial charge is 0.356 e. The van der Waals surface area contributed by atoms with Crippen LogP contribution in [0.15, 0.2) is 101 Å². The lowest BCUT2D eigenvalue weighted by molar-refractivity contribution is -0.140. The highest BCUT2D eigenvalue weighted by molar-refractivity contribution is 7.89. The Bertz CT molecular complexity index is 1510. The van der Waals surface area contributed by atoms with Crippen molar-refractivity contribution >= 4 is 39.1 Å². The molecule has 0 N–H and O–H groups in total. The molecule has 0 spiro atoms. The summed E-state index contributed by atoms with van der Waals surface area (Å²) < 4.78 is 39.3. The molecular weight excluding hydrogens is 514 g/mol. The highest BCUT2D eigenvalue weighted by Gasteiger charge is 2.45. The predicted molar refractivity (Wildman–Crippen MR) is 140 cm³/mol. The number of carbonyl (C=O) groups excluding carboxylic acids is 2. The van der Waals surface area contributed by atoms with Crippen LogP contribution in [0.5, 0.6) is 0 Å². The first-order valence-corrected chi connectivity index (χ1v) is 13.1. The maximum absolute atomic E-state index is 14.2. The van der Waals surface area contributed by atoms with Gasteiger partial charge in [-0.1, -0.05) is 77.8 Å². The topological polar surface area (TPSA) is 90.0 Å². The number of esters is 2. The van der Waals surface area contributed by atoms with Gasteiger partial charge < -0.3 is 9.47 Å². The van der Waals surface area contributed by atoms with Crippen molar-refractivity contribution in [2.24, 2.45) is 0 Å². The van der Waals surface area contributed by atoms with Gasteiger partial charge in [-0.3, -0.25) is 0 Å². The summed E-state index contributed by atoms with van der Waals surface area (Å²) in [5.41, 5.74) is 1.45. The van der Waals surface area contributed by atoms with Gasteiger partial charge in [-0.2, -0.15) is 0 Å². The van der Waals surface area contributed by atoms with Gasteiger partial charge >= 0.3 is 11.9 Å². The van der Waals surface area contributed by atoms with Crippen molar-refractivity contribution in [3.63, 3.8) is 0 Å². The minimum absolute atomic E-state index is 0.0719. The molecule has 1 atom stereocenters. The summed E-state index contributed by atoms with van der Waals surface area (Å²) in [7, 11) is -2.14. The minimum atomic E-state index is -4.41. The van der Waals surface area contributed by atoms with Gasteiger partial charge in [0.25, 0.3) is 10.0 Å². The third-order valence-corrected chi connectivity index (χ3v) is 8.10. The molecule has 0 aliphatic carbocycles. The minimum Gasteiger partial charge on any atom is -0.465 e. The summed E-state index contributed by atoms with van der Waals surface area (Å²) in [6.07, 6.45) is 1.60. The Morgan fingerprint density at radius 2 is 1.43 bits per heavy atom. The van der Waals surface area contributed by atoms with E-state index in [4.69, 9.17) is 21.1 Å². The second kappa shape index (κ2) is 10.6. The van der Waals surface area contributed by atoms with Gasteiger partial charge in [-0.25, -0.2) is 22.3 Å². The quantitative estimate of drug-likeness (QED) is 0.407. The molecule has 4 rings (SSSR count). The third-order valence-electron chi connectivity index (χ3n) is 5.96. The van der Waals surface area contributed by atoms with Crippen LogP contribution in [0.4, 0.5) is 0 Å². The third kappa shape index (κ3) is 4.90. The van der Waals surface area contributed by atoms with Crippen molar-refractivity contribution in [1.82, 2.24) is 4.31 Å². The highest BCUT2D eigenvalue weighted by atomic mass is 35.5. The maximum Gasteiger partial charge on any atom is 0.356 e. The van der Waals surface area contributed by atoms with Crippen molar-refractivity contribution in [3.8, 4) is 0 Å². The first-order valence-electron chi connectivity index (χ1n) is 11.2. The average Bonchev–Trinajstić information content (AvgIpc) is 2.92. The fourth-order valence-corrected chi connectivity index (χ4v) is 6.00. The molecule has 190 valence electrons. The average molecular weight is 538 g/mol. The number of halogens is 1. The van der Waals surface area contributed by atoms with Gasteiger partial charge in [0.2, 0.25) is 0 Å². The Morgan fingerprint density at radius 1 is 0.838 bits per heavy atom. The fraction of sp³-hybridized carbons (Fsp3) is 0.143. The fourth-order valence-electron chi connectivity index (χ4n) is 4.17. The number of hydrogen-bond acceptors (Lipinski definition) is 6. The Morgan fingerprint density at radius 3 is 2.03 bits per heavy atom. The molecule has 1 unspecified atom stereocenters. The van der Waals surface area contributed by atoms with Gasteiger partial charge in [-0.15, -0.1) is 0 Å². The Labute approximate surface area is 220 Å². The molecule has 0 saturated heterocycles. The number of sulfonamides is 1. The number of rotatable bonds is 6. The molecule has 7 nitrogen and oxygen atoms in total. The van der Waals surface area contributed by atoms with E-state index in [0.29, 0.717) is 16.7 Å². The van der Waals surface area contributed by atoms with Crippen LogP contribution in [0.3, 0.4) is 0 Å². The molecule has 9 heteroatoms. The zero-order valence-corrected chi connectivity index (χ0v) is 21.9. The van der Waals surface area contributed by atoms with Crippen LogP contribution in [0.1, 0.15) is 22.7 Å². The summed E-state index contributed by atoms with van der Waals surface area (Å²) in [5, 5.41) is 0.283. The summed E-state index contributed by atoms with van der Waals surface area (Å²) >= 11 is 6.55. The van der Waals surface area contributed by atoms with Crippen molar-refractivity contribution < 1.29 is 27.5 Å². The number of hydrogen-bond donors (Lipinski definition) is 0. The summed E-state index contributed by atoms with van der Waals surface area (Å²) in [5.74, 6) is -1.91. The van der Waals surface area contributed by atoms with E-state index in [1.807, 2.05) is 6.92 Å². The molecule has 0 fully saturated rings. The van der Waals surface area contributed by atoms with E-state index in [-0.39, 0.29) is 15.5 Å². The Hall–Kier alpha value is -3.88. The second-order valence-electron chi connectivity index (χ2n) is 8.23. The van der Waals surface area contributed by atoms with Crippen LogP contribution in [-0.2, 0) is 29.1 Å². The first-order chi connectivity index (χ1) is 17.7. The number of methoxy groups -OCH3 is 2. The molecule has 1 heterocycles. The van der Waals surface area contributed by atoms with Crippen LogP contribution >= 0.6 is 11.6 Å². The number of nitrogens with zero attached hydrogens (tertiary/aromatic N) is 1. The van der Waals surface area contributed by atoms with E-state index in [1.165, 1.54) is 12.1 Å². The lowest BCUT2D eigenvalue weighted by atomic mass is 9.89. The zero-order valence-electron chi connectivity index (χ0n) is 20.3. The molecule has 3 aromatic rings. The second-order valence-corrected chi connectivity index (χ2v) is 10.5. The van der Waals surface area contributed by atoms with Crippen LogP contribution in [-0.4, -0.2) is 38.9 Å². The van der Waals surface area contributed by atoms with E-state index in [9.17, 15) is 18.0 Å². The molecule has 37 heavy (non-hydrogen) atoms. The van der Waals surface area contributed by atoms with Crippen molar-refractivity contribution in [2.45, 2.75) is 17.9 Å². The van der Waals surface area contributed by atoms with Crippen LogP contribution < -0.4 is 0 Å². The van der Waals surface area contributed by atoms with Crippen LogP contribution in [0.25, 0.3) is 5.57 Å².